The van der Waals surface area contributed by atoms with E-state index >= 15 is 0 Å². The lowest BCUT2D eigenvalue weighted by molar-refractivity contribution is -0.131. The molecule has 1 aliphatic heterocycles. The molecule has 1 aliphatic rings. The van der Waals surface area contributed by atoms with Crippen molar-refractivity contribution in [3.05, 3.63) is 34.9 Å². The Morgan fingerprint density at radius 3 is 2.70 bits per heavy atom. The highest BCUT2D eigenvalue weighted by atomic mass is 16.5. The van der Waals surface area contributed by atoms with Crippen molar-refractivity contribution < 1.29 is 19.4 Å². The number of aliphatic carboxylic acids is 1. The standard InChI is InChI=1S/C16H20O4/c1-11-7-13(3-4-15(17)18)8-12(2)16(11)20-10-14-5-6-19-9-14/h3-4,7-8,14H,5-6,9-10H2,1-2H3,(H,17,18). The Hall–Kier alpha value is -1.81. The van der Waals surface area contributed by atoms with Gasteiger partial charge >= 0.3 is 5.97 Å². The number of aryl methyl sites for hydroxylation is 2. The number of carbonyl (C=O) groups is 1. The third-order valence-electron chi connectivity index (χ3n) is 3.39. The second-order valence-corrected chi connectivity index (χ2v) is 5.20. The summed E-state index contributed by atoms with van der Waals surface area (Å²) in [5, 5.41) is 8.65. The van der Waals surface area contributed by atoms with Crippen LogP contribution in [-0.2, 0) is 9.53 Å². The third-order valence-corrected chi connectivity index (χ3v) is 3.39. The molecule has 1 heterocycles. The normalized spacial score (nSPS) is 18.6. The van der Waals surface area contributed by atoms with Gasteiger partial charge in [0.2, 0.25) is 0 Å². The Kier molecular flexibility index (Phi) is 4.79. The van der Waals surface area contributed by atoms with Gasteiger partial charge in [0.25, 0.3) is 0 Å². The molecule has 4 heteroatoms. The molecular weight excluding hydrogens is 256 g/mol. The van der Waals surface area contributed by atoms with Gasteiger partial charge in [-0.3, -0.25) is 0 Å². The number of rotatable bonds is 5. The summed E-state index contributed by atoms with van der Waals surface area (Å²) in [5.41, 5.74) is 2.92. The number of ether oxygens (including phenoxy) is 2. The molecule has 1 aromatic rings. The number of hydrogen-bond acceptors (Lipinski definition) is 3. The van der Waals surface area contributed by atoms with Crippen LogP contribution in [-0.4, -0.2) is 30.9 Å². The Labute approximate surface area is 119 Å². The average molecular weight is 276 g/mol. The topological polar surface area (TPSA) is 55.8 Å². The molecule has 108 valence electrons. The first kappa shape index (κ1) is 14.6. The number of carboxylic acid groups (broad SMARTS) is 1. The first-order valence-corrected chi connectivity index (χ1v) is 6.79. The van der Waals surface area contributed by atoms with Crippen molar-refractivity contribution in [1.29, 1.82) is 0 Å². The van der Waals surface area contributed by atoms with Crippen molar-refractivity contribution in [3.8, 4) is 5.75 Å². The minimum atomic E-state index is -0.943. The van der Waals surface area contributed by atoms with E-state index in [-0.39, 0.29) is 0 Å². The van der Waals surface area contributed by atoms with Crippen LogP contribution in [0.15, 0.2) is 18.2 Å². The maximum atomic E-state index is 10.5. The van der Waals surface area contributed by atoms with Gasteiger partial charge in [-0.15, -0.1) is 0 Å². The van der Waals surface area contributed by atoms with Gasteiger partial charge in [0, 0.05) is 18.6 Å². The second-order valence-electron chi connectivity index (χ2n) is 5.20. The molecule has 1 atom stereocenters. The van der Waals surface area contributed by atoms with Gasteiger partial charge in [0.05, 0.1) is 13.2 Å². The number of hydrogen-bond donors (Lipinski definition) is 1. The van der Waals surface area contributed by atoms with Crippen molar-refractivity contribution in [3.63, 3.8) is 0 Å². The highest BCUT2D eigenvalue weighted by Gasteiger charge is 2.17. The fraction of sp³-hybridized carbons (Fsp3) is 0.438. The number of carboxylic acids is 1. The Balaban J connectivity index is 2.07. The van der Waals surface area contributed by atoms with E-state index < -0.39 is 5.97 Å². The van der Waals surface area contributed by atoms with Gasteiger partial charge in [-0.25, -0.2) is 4.79 Å². The van der Waals surface area contributed by atoms with Gasteiger partial charge in [0.15, 0.2) is 0 Å². The highest BCUT2D eigenvalue weighted by molar-refractivity contribution is 5.85. The highest BCUT2D eigenvalue weighted by Crippen LogP contribution is 2.26. The zero-order valence-corrected chi connectivity index (χ0v) is 11.9. The van der Waals surface area contributed by atoms with Crippen molar-refractivity contribution in [1.82, 2.24) is 0 Å². The molecule has 1 N–H and O–H groups in total. The molecule has 0 spiro atoms. The van der Waals surface area contributed by atoms with Crippen molar-refractivity contribution in [2.45, 2.75) is 20.3 Å². The summed E-state index contributed by atoms with van der Waals surface area (Å²) >= 11 is 0. The molecule has 1 fully saturated rings. The van der Waals surface area contributed by atoms with Gasteiger partial charge < -0.3 is 14.6 Å². The van der Waals surface area contributed by atoms with Crippen LogP contribution in [0, 0.1) is 19.8 Å². The molecule has 0 radical (unpaired) electrons. The summed E-state index contributed by atoms with van der Waals surface area (Å²) in [6.07, 6.45) is 3.79. The Bertz CT molecular complexity index is 490. The number of benzene rings is 1. The van der Waals surface area contributed by atoms with Crippen molar-refractivity contribution in [2.24, 2.45) is 5.92 Å². The fourth-order valence-electron chi connectivity index (χ4n) is 2.39. The average Bonchev–Trinajstić information content (AvgIpc) is 2.88. The van der Waals surface area contributed by atoms with Crippen LogP contribution in [0.2, 0.25) is 0 Å². The lowest BCUT2D eigenvalue weighted by Gasteiger charge is -2.15. The van der Waals surface area contributed by atoms with E-state index in [1.165, 1.54) is 0 Å². The summed E-state index contributed by atoms with van der Waals surface area (Å²) < 4.78 is 11.2. The van der Waals surface area contributed by atoms with Crippen LogP contribution in [0.5, 0.6) is 5.75 Å². The Morgan fingerprint density at radius 2 is 2.15 bits per heavy atom. The van der Waals surface area contributed by atoms with Crippen LogP contribution in [0.4, 0.5) is 0 Å². The molecule has 0 bridgehead atoms. The van der Waals surface area contributed by atoms with E-state index in [1.807, 2.05) is 26.0 Å². The predicted molar refractivity (Wildman–Crippen MR) is 77.0 cm³/mol. The Morgan fingerprint density at radius 1 is 1.45 bits per heavy atom. The van der Waals surface area contributed by atoms with Crippen molar-refractivity contribution in [2.75, 3.05) is 19.8 Å². The largest absolute Gasteiger partial charge is 0.493 e. The van der Waals surface area contributed by atoms with E-state index in [2.05, 4.69) is 0 Å². The zero-order chi connectivity index (χ0) is 14.5. The summed E-state index contributed by atoms with van der Waals surface area (Å²) in [6.45, 7) is 6.23. The lowest BCUT2D eigenvalue weighted by atomic mass is 10.0. The minimum Gasteiger partial charge on any atom is -0.493 e. The van der Waals surface area contributed by atoms with Crippen molar-refractivity contribution >= 4 is 12.0 Å². The van der Waals surface area contributed by atoms with E-state index in [0.717, 1.165) is 48.2 Å². The molecule has 1 aromatic carbocycles. The summed E-state index contributed by atoms with van der Waals surface area (Å²) in [6, 6.07) is 3.87. The van der Waals surface area contributed by atoms with Crippen LogP contribution in [0.3, 0.4) is 0 Å². The monoisotopic (exact) mass is 276 g/mol. The minimum absolute atomic E-state index is 0.473. The molecular formula is C16H20O4. The molecule has 0 aliphatic carbocycles. The quantitative estimate of drug-likeness (QED) is 0.840. The molecule has 1 saturated heterocycles. The second kappa shape index (κ2) is 6.57. The molecule has 1 unspecified atom stereocenters. The molecule has 0 aromatic heterocycles. The first-order chi connectivity index (χ1) is 9.56. The molecule has 0 amide bonds. The smallest absolute Gasteiger partial charge is 0.328 e. The van der Waals surface area contributed by atoms with Gasteiger partial charge in [-0.1, -0.05) is 0 Å². The SMILES string of the molecule is Cc1cc(C=CC(=O)O)cc(C)c1OCC1CCOC1. The van der Waals surface area contributed by atoms with Gasteiger partial charge in [-0.2, -0.15) is 0 Å². The van der Waals surface area contributed by atoms with E-state index in [9.17, 15) is 4.79 Å². The van der Waals surface area contributed by atoms with Gasteiger partial charge in [0.1, 0.15) is 5.75 Å². The lowest BCUT2D eigenvalue weighted by Crippen LogP contribution is -2.12. The van der Waals surface area contributed by atoms with E-state index in [4.69, 9.17) is 14.6 Å². The molecule has 2 rings (SSSR count). The van der Waals surface area contributed by atoms with E-state index in [0.29, 0.717) is 12.5 Å². The maximum Gasteiger partial charge on any atom is 0.328 e. The zero-order valence-electron chi connectivity index (χ0n) is 11.9. The van der Waals surface area contributed by atoms with E-state index in [1.54, 1.807) is 6.08 Å². The maximum absolute atomic E-state index is 10.5. The van der Waals surface area contributed by atoms with Crippen LogP contribution in [0.1, 0.15) is 23.1 Å². The summed E-state index contributed by atoms with van der Waals surface area (Å²) in [7, 11) is 0. The molecule has 20 heavy (non-hydrogen) atoms. The summed E-state index contributed by atoms with van der Waals surface area (Å²) in [5.74, 6) is 0.423. The van der Waals surface area contributed by atoms with Crippen LogP contribution >= 0.6 is 0 Å². The van der Waals surface area contributed by atoms with Crippen LogP contribution in [0.25, 0.3) is 6.08 Å². The van der Waals surface area contributed by atoms with Gasteiger partial charge in [-0.05, 0) is 55.2 Å². The fourth-order valence-corrected chi connectivity index (χ4v) is 2.39. The van der Waals surface area contributed by atoms with Crippen LogP contribution < -0.4 is 4.74 Å². The molecule has 4 nitrogen and oxygen atoms in total. The predicted octanol–water partition coefficient (Wildman–Crippen LogP) is 2.82. The third kappa shape index (κ3) is 3.84. The molecule has 0 saturated carbocycles. The summed E-state index contributed by atoms with van der Waals surface area (Å²) in [4.78, 5) is 10.5. The first-order valence-electron chi connectivity index (χ1n) is 6.79.